The van der Waals surface area contributed by atoms with Gasteiger partial charge in [0.2, 0.25) is 0 Å². The summed E-state index contributed by atoms with van der Waals surface area (Å²) in [5.74, 6) is 0.906. The summed E-state index contributed by atoms with van der Waals surface area (Å²) in [5.41, 5.74) is 2.25. The number of hydrogen-bond acceptors (Lipinski definition) is 3. The summed E-state index contributed by atoms with van der Waals surface area (Å²) in [6, 6.07) is 10.1. The van der Waals surface area contributed by atoms with E-state index in [1.807, 2.05) is 32.0 Å². The van der Waals surface area contributed by atoms with Crippen LogP contribution in [0.2, 0.25) is 0 Å². The zero-order valence-corrected chi connectivity index (χ0v) is 11.1. The topological polar surface area (TPSA) is 41.1 Å². The maximum atomic E-state index is 5.62. The highest BCUT2D eigenvalue weighted by Crippen LogP contribution is 2.20. The van der Waals surface area contributed by atoms with Gasteiger partial charge >= 0.3 is 0 Å². The number of H-pyrrole nitrogens is 1. The molecule has 4 nitrogen and oxygen atoms in total. The van der Waals surface area contributed by atoms with Gasteiger partial charge in [0.1, 0.15) is 5.75 Å². The van der Waals surface area contributed by atoms with Crippen molar-refractivity contribution in [3.05, 3.63) is 42.2 Å². The van der Waals surface area contributed by atoms with Crippen molar-refractivity contribution in [1.82, 2.24) is 10.2 Å². The summed E-state index contributed by atoms with van der Waals surface area (Å²) in [4.78, 5) is 2.16. The highest BCUT2D eigenvalue weighted by molar-refractivity contribution is 5.48. The minimum atomic E-state index is 0.207. The van der Waals surface area contributed by atoms with Gasteiger partial charge in [0.05, 0.1) is 18.3 Å². The molecule has 0 spiro atoms. The number of benzene rings is 1. The lowest BCUT2D eigenvalue weighted by molar-refractivity contribution is 0.242. The Balaban J connectivity index is 2.00. The van der Waals surface area contributed by atoms with E-state index in [-0.39, 0.29) is 6.10 Å². The molecule has 0 amide bonds. The van der Waals surface area contributed by atoms with E-state index in [1.54, 1.807) is 6.20 Å². The van der Waals surface area contributed by atoms with E-state index in [2.05, 4.69) is 34.3 Å². The van der Waals surface area contributed by atoms with Crippen LogP contribution in [0.4, 0.5) is 5.69 Å². The molecular formula is C14H19N3O. The van der Waals surface area contributed by atoms with Gasteiger partial charge in [-0.15, -0.1) is 0 Å². The van der Waals surface area contributed by atoms with Crippen LogP contribution in [0.15, 0.2) is 36.5 Å². The van der Waals surface area contributed by atoms with Crippen LogP contribution in [0.3, 0.4) is 0 Å². The first kappa shape index (κ1) is 12.5. The van der Waals surface area contributed by atoms with E-state index in [4.69, 9.17) is 4.74 Å². The third kappa shape index (κ3) is 3.26. The lowest BCUT2D eigenvalue weighted by Gasteiger charge is -2.19. The lowest BCUT2D eigenvalue weighted by atomic mass is 10.2. The van der Waals surface area contributed by atoms with Crippen LogP contribution >= 0.6 is 0 Å². The van der Waals surface area contributed by atoms with E-state index in [0.717, 1.165) is 23.7 Å². The average Bonchev–Trinajstić information content (AvgIpc) is 2.82. The zero-order chi connectivity index (χ0) is 13.0. The Morgan fingerprint density at radius 2 is 1.94 bits per heavy atom. The summed E-state index contributed by atoms with van der Waals surface area (Å²) in [6.07, 6.45) is 1.97. The summed E-state index contributed by atoms with van der Waals surface area (Å²) in [5, 5.41) is 6.90. The van der Waals surface area contributed by atoms with Gasteiger partial charge in [0.15, 0.2) is 0 Å². The first-order valence-electron chi connectivity index (χ1n) is 6.11. The van der Waals surface area contributed by atoms with Gasteiger partial charge in [0, 0.05) is 18.9 Å². The molecule has 0 unspecified atom stereocenters. The van der Waals surface area contributed by atoms with E-state index in [0.29, 0.717) is 0 Å². The predicted octanol–water partition coefficient (Wildman–Crippen LogP) is 2.83. The number of nitrogens with zero attached hydrogens (tertiary/aromatic N) is 2. The molecular weight excluding hydrogens is 226 g/mol. The number of anilines is 1. The average molecular weight is 245 g/mol. The number of aromatic amines is 1. The van der Waals surface area contributed by atoms with Crippen LogP contribution in [-0.4, -0.2) is 23.3 Å². The highest BCUT2D eigenvalue weighted by Gasteiger charge is 2.04. The van der Waals surface area contributed by atoms with E-state index < -0.39 is 0 Å². The molecule has 0 fully saturated rings. The largest absolute Gasteiger partial charge is 0.491 e. The smallest absolute Gasteiger partial charge is 0.119 e. The monoisotopic (exact) mass is 245 g/mol. The number of ether oxygens (including phenoxy) is 1. The minimum Gasteiger partial charge on any atom is -0.491 e. The van der Waals surface area contributed by atoms with Crippen LogP contribution in [0.25, 0.3) is 0 Å². The van der Waals surface area contributed by atoms with Crippen LogP contribution in [0.5, 0.6) is 5.75 Å². The molecule has 1 N–H and O–H groups in total. The van der Waals surface area contributed by atoms with Crippen LogP contribution in [0.1, 0.15) is 19.5 Å². The Labute approximate surface area is 108 Å². The number of nitrogens with one attached hydrogen (secondary N) is 1. The Kier molecular flexibility index (Phi) is 3.87. The molecule has 0 aliphatic heterocycles. The van der Waals surface area contributed by atoms with Gasteiger partial charge in [-0.3, -0.25) is 5.10 Å². The summed E-state index contributed by atoms with van der Waals surface area (Å²) < 4.78 is 5.62. The molecule has 1 aromatic heterocycles. The van der Waals surface area contributed by atoms with Crippen molar-refractivity contribution >= 4 is 5.69 Å². The summed E-state index contributed by atoms with van der Waals surface area (Å²) in [6.45, 7) is 4.86. The Morgan fingerprint density at radius 3 is 2.50 bits per heavy atom. The van der Waals surface area contributed by atoms with Crippen LogP contribution in [-0.2, 0) is 6.54 Å². The Hall–Kier alpha value is -1.97. The number of hydrogen-bond donors (Lipinski definition) is 1. The van der Waals surface area contributed by atoms with E-state index >= 15 is 0 Å². The second-order valence-corrected chi connectivity index (χ2v) is 4.60. The summed E-state index contributed by atoms with van der Waals surface area (Å²) >= 11 is 0. The van der Waals surface area contributed by atoms with Crippen molar-refractivity contribution in [2.45, 2.75) is 26.5 Å². The molecule has 2 aromatic rings. The molecule has 96 valence electrons. The SMILES string of the molecule is CC(C)Oc1ccc(N(C)Cc2ccn[nH]2)cc1. The Morgan fingerprint density at radius 1 is 1.22 bits per heavy atom. The molecule has 4 heteroatoms. The van der Waals surface area contributed by atoms with Gasteiger partial charge in [-0.25, -0.2) is 0 Å². The fourth-order valence-corrected chi connectivity index (χ4v) is 1.77. The second-order valence-electron chi connectivity index (χ2n) is 4.60. The first-order chi connectivity index (χ1) is 8.65. The van der Waals surface area contributed by atoms with Crippen molar-refractivity contribution in [2.24, 2.45) is 0 Å². The fraction of sp³-hybridized carbons (Fsp3) is 0.357. The maximum absolute atomic E-state index is 5.62. The molecule has 1 heterocycles. The van der Waals surface area contributed by atoms with Crippen LogP contribution in [0, 0.1) is 0 Å². The third-order valence-electron chi connectivity index (χ3n) is 2.62. The van der Waals surface area contributed by atoms with Gasteiger partial charge < -0.3 is 9.64 Å². The molecule has 0 bridgehead atoms. The molecule has 2 rings (SSSR count). The highest BCUT2D eigenvalue weighted by atomic mass is 16.5. The second kappa shape index (κ2) is 5.58. The van der Waals surface area contributed by atoms with Gasteiger partial charge in [-0.2, -0.15) is 5.10 Å². The lowest BCUT2D eigenvalue weighted by Crippen LogP contribution is -2.16. The van der Waals surface area contributed by atoms with Gasteiger partial charge in [-0.05, 0) is 44.2 Å². The fourth-order valence-electron chi connectivity index (χ4n) is 1.77. The van der Waals surface area contributed by atoms with Crippen molar-refractivity contribution in [2.75, 3.05) is 11.9 Å². The molecule has 0 atom stereocenters. The van der Waals surface area contributed by atoms with Crippen molar-refractivity contribution < 1.29 is 4.74 Å². The first-order valence-corrected chi connectivity index (χ1v) is 6.11. The van der Waals surface area contributed by atoms with E-state index in [9.17, 15) is 0 Å². The predicted molar refractivity (Wildman–Crippen MR) is 72.9 cm³/mol. The van der Waals surface area contributed by atoms with Gasteiger partial charge in [0.25, 0.3) is 0 Å². The standard InChI is InChI=1S/C14H19N3O/c1-11(2)18-14-6-4-13(5-7-14)17(3)10-12-8-9-15-16-12/h4-9,11H,10H2,1-3H3,(H,15,16). The molecule has 0 aliphatic rings. The third-order valence-corrected chi connectivity index (χ3v) is 2.62. The van der Waals surface area contributed by atoms with Crippen molar-refractivity contribution in [3.63, 3.8) is 0 Å². The normalized spacial score (nSPS) is 10.7. The number of aromatic nitrogens is 2. The van der Waals surface area contributed by atoms with E-state index in [1.165, 1.54) is 0 Å². The zero-order valence-electron chi connectivity index (χ0n) is 11.1. The molecule has 0 saturated carbocycles. The Bertz CT molecular complexity index is 462. The maximum Gasteiger partial charge on any atom is 0.119 e. The van der Waals surface area contributed by atoms with Crippen molar-refractivity contribution in [3.8, 4) is 5.75 Å². The molecule has 0 saturated heterocycles. The minimum absolute atomic E-state index is 0.207. The molecule has 18 heavy (non-hydrogen) atoms. The quantitative estimate of drug-likeness (QED) is 0.880. The molecule has 0 aliphatic carbocycles. The van der Waals surface area contributed by atoms with Gasteiger partial charge in [-0.1, -0.05) is 0 Å². The summed E-state index contributed by atoms with van der Waals surface area (Å²) in [7, 11) is 2.05. The van der Waals surface area contributed by atoms with Crippen molar-refractivity contribution in [1.29, 1.82) is 0 Å². The molecule has 1 aromatic carbocycles. The van der Waals surface area contributed by atoms with Crippen LogP contribution < -0.4 is 9.64 Å². The molecule has 0 radical (unpaired) electrons. The number of rotatable bonds is 5.